The molecule has 178 valence electrons. The van der Waals surface area contributed by atoms with Crippen molar-refractivity contribution in [1.82, 2.24) is 4.98 Å². The van der Waals surface area contributed by atoms with Crippen LogP contribution in [-0.2, 0) is 28.8 Å². The fourth-order valence-electron chi connectivity index (χ4n) is 5.39. The Balaban J connectivity index is 1.37. The Kier molecular flexibility index (Phi) is 5.62. The summed E-state index contributed by atoms with van der Waals surface area (Å²) in [5, 5.41) is 10.1. The Hall–Kier alpha value is -3.29. The van der Waals surface area contributed by atoms with Gasteiger partial charge in [-0.2, -0.15) is 13.2 Å². The molecule has 34 heavy (non-hydrogen) atoms. The van der Waals surface area contributed by atoms with Crippen molar-refractivity contribution in [3.05, 3.63) is 64.3 Å². The number of carboxylic acid groups (broad SMARTS) is 1. The molecule has 2 N–H and O–H groups in total. The van der Waals surface area contributed by atoms with Crippen LogP contribution in [0.5, 0.6) is 5.75 Å². The zero-order chi connectivity index (χ0) is 24.0. The predicted molar refractivity (Wildman–Crippen MR) is 119 cm³/mol. The molecule has 1 fully saturated rings. The van der Waals surface area contributed by atoms with Crippen molar-refractivity contribution in [3.63, 3.8) is 0 Å². The van der Waals surface area contributed by atoms with Crippen molar-refractivity contribution in [1.29, 1.82) is 0 Å². The number of carboxylic acids is 1. The van der Waals surface area contributed by atoms with Crippen molar-refractivity contribution in [2.24, 2.45) is 0 Å². The second kappa shape index (κ2) is 8.49. The number of carbonyl (C=O) groups excluding carboxylic acids is 1. The third-order valence-corrected chi connectivity index (χ3v) is 6.99. The molecule has 2 aromatic carbocycles. The fraction of sp³-hybridized carbons (Fsp3) is 0.385. The molecule has 1 aromatic heterocycles. The number of H-pyrrole nitrogens is 1. The van der Waals surface area contributed by atoms with Crippen LogP contribution in [0.3, 0.4) is 0 Å². The summed E-state index contributed by atoms with van der Waals surface area (Å²) >= 11 is 0. The van der Waals surface area contributed by atoms with E-state index in [2.05, 4.69) is 4.98 Å². The summed E-state index contributed by atoms with van der Waals surface area (Å²) in [4.78, 5) is 26.5. The van der Waals surface area contributed by atoms with Gasteiger partial charge in [-0.3, -0.25) is 9.59 Å². The van der Waals surface area contributed by atoms with Gasteiger partial charge in [0.05, 0.1) is 12.0 Å². The number of aromatic nitrogens is 1. The number of aromatic amines is 1. The number of halogens is 3. The molecule has 8 heteroatoms. The van der Waals surface area contributed by atoms with Crippen molar-refractivity contribution < 1.29 is 32.6 Å². The van der Waals surface area contributed by atoms with Crippen LogP contribution in [0.4, 0.5) is 13.2 Å². The third-order valence-electron chi connectivity index (χ3n) is 6.99. The van der Waals surface area contributed by atoms with E-state index in [4.69, 9.17) is 9.84 Å². The van der Waals surface area contributed by atoms with Gasteiger partial charge in [0.25, 0.3) is 0 Å². The number of nitrogens with one attached hydrogen (secondary N) is 1. The van der Waals surface area contributed by atoms with Crippen molar-refractivity contribution in [3.8, 4) is 5.75 Å². The normalized spacial score (nSPS) is 20.1. The number of Topliss-reactive ketones (excluding diaryl/α,β-unsaturated/α-hetero) is 1. The van der Waals surface area contributed by atoms with Gasteiger partial charge in [0, 0.05) is 34.9 Å². The minimum absolute atomic E-state index is 0.0399. The Labute approximate surface area is 193 Å². The highest BCUT2D eigenvalue weighted by molar-refractivity contribution is 5.88. The first-order valence-electron chi connectivity index (χ1n) is 11.4. The molecular weight excluding hydrogens is 447 g/mol. The lowest BCUT2D eigenvalue weighted by Gasteiger charge is -2.18. The molecular formula is C26H24F3NO4. The summed E-state index contributed by atoms with van der Waals surface area (Å²) in [5.41, 5.74) is 2.58. The van der Waals surface area contributed by atoms with Gasteiger partial charge in [-0.05, 0) is 66.6 Å². The summed E-state index contributed by atoms with van der Waals surface area (Å²) in [5.74, 6) is -1.17. The van der Waals surface area contributed by atoms with E-state index in [0.717, 1.165) is 41.1 Å². The SMILES string of the molecule is O=C(O)CC1CCc2c1[nH]c1ccc(OCc3ccc(C4CCCC4=O)c(C(F)(F)F)c3)cc21. The Morgan fingerprint density at radius 1 is 1.12 bits per heavy atom. The molecule has 1 heterocycles. The average Bonchev–Trinajstić information content (AvgIpc) is 3.47. The van der Waals surface area contributed by atoms with E-state index in [0.29, 0.717) is 30.6 Å². The molecule has 2 atom stereocenters. The first kappa shape index (κ1) is 22.5. The molecule has 0 amide bonds. The lowest BCUT2D eigenvalue weighted by molar-refractivity contribution is -0.139. The number of hydrogen-bond acceptors (Lipinski definition) is 3. The largest absolute Gasteiger partial charge is 0.489 e. The van der Waals surface area contributed by atoms with Crippen LogP contribution < -0.4 is 4.74 Å². The highest BCUT2D eigenvalue weighted by Gasteiger charge is 2.38. The second-order valence-corrected chi connectivity index (χ2v) is 9.18. The Morgan fingerprint density at radius 2 is 1.94 bits per heavy atom. The third kappa shape index (κ3) is 4.17. The first-order chi connectivity index (χ1) is 16.2. The molecule has 0 bridgehead atoms. The van der Waals surface area contributed by atoms with Gasteiger partial charge in [-0.1, -0.05) is 12.1 Å². The molecule has 1 saturated carbocycles. The highest BCUT2D eigenvalue weighted by Crippen LogP contribution is 2.42. The first-order valence-corrected chi connectivity index (χ1v) is 11.4. The number of benzene rings is 2. The van der Waals surface area contributed by atoms with E-state index in [1.54, 1.807) is 12.1 Å². The van der Waals surface area contributed by atoms with Crippen LogP contribution in [-0.4, -0.2) is 21.8 Å². The maximum atomic E-state index is 13.8. The maximum Gasteiger partial charge on any atom is 0.416 e. The topological polar surface area (TPSA) is 79.4 Å². The zero-order valence-electron chi connectivity index (χ0n) is 18.4. The number of rotatable bonds is 6. The summed E-state index contributed by atoms with van der Waals surface area (Å²) < 4.78 is 47.1. The van der Waals surface area contributed by atoms with Crippen LogP contribution in [0.2, 0.25) is 0 Å². The lowest BCUT2D eigenvalue weighted by atomic mass is 9.90. The minimum Gasteiger partial charge on any atom is -0.489 e. The molecule has 0 saturated heterocycles. The van der Waals surface area contributed by atoms with Gasteiger partial charge in [-0.15, -0.1) is 0 Å². The van der Waals surface area contributed by atoms with Crippen LogP contribution in [0.15, 0.2) is 36.4 Å². The fourth-order valence-corrected chi connectivity index (χ4v) is 5.39. The number of fused-ring (bicyclic) bond motifs is 3. The monoisotopic (exact) mass is 471 g/mol. The van der Waals surface area contributed by atoms with Gasteiger partial charge >= 0.3 is 12.1 Å². The summed E-state index contributed by atoms with van der Waals surface area (Å²) in [6.07, 6.45) is -1.54. The van der Waals surface area contributed by atoms with Gasteiger partial charge in [0.2, 0.25) is 0 Å². The lowest BCUT2D eigenvalue weighted by Crippen LogP contribution is -2.15. The molecule has 5 rings (SSSR count). The maximum absolute atomic E-state index is 13.8. The molecule has 0 aliphatic heterocycles. The Bertz CT molecular complexity index is 1280. The van der Waals surface area contributed by atoms with Gasteiger partial charge < -0.3 is 14.8 Å². The summed E-state index contributed by atoms with van der Waals surface area (Å²) in [7, 11) is 0. The van der Waals surface area contributed by atoms with Crippen molar-refractivity contribution in [2.45, 2.75) is 63.1 Å². The van der Waals surface area contributed by atoms with E-state index in [9.17, 15) is 22.8 Å². The number of aryl methyl sites for hydroxylation is 1. The summed E-state index contributed by atoms with van der Waals surface area (Å²) in [6.45, 7) is -0.0399. The number of aliphatic carboxylic acids is 1. The van der Waals surface area contributed by atoms with Crippen LogP contribution in [0.25, 0.3) is 10.9 Å². The van der Waals surface area contributed by atoms with Crippen LogP contribution in [0.1, 0.15) is 71.9 Å². The molecule has 0 radical (unpaired) electrons. The molecule has 3 aromatic rings. The quantitative estimate of drug-likeness (QED) is 0.455. The number of carbonyl (C=O) groups is 2. The Morgan fingerprint density at radius 3 is 2.65 bits per heavy atom. The molecule has 0 spiro atoms. The van der Waals surface area contributed by atoms with Crippen molar-refractivity contribution >= 4 is 22.7 Å². The van der Waals surface area contributed by atoms with E-state index in [-0.39, 0.29) is 30.3 Å². The van der Waals surface area contributed by atoms with Gasteiger partial charge in [-0.25, -0.2) is 0 Å². The number of alkyl halides is 3. The molecule has 2 aliphatic rings. The van der Waals surface area contributed by atoms with Gasteiger partial charge in [0.1, 0.15) is 18.1 Å². The predicted octanol–water partition coefficient (Wildman–Crippen LogP) is 6.11. The highest BCUT2D eigenvalue weighted by atomic mass is 19.4. The summed E-state index contributed by atoms with van der Waals surface area (Å²) in [6, 6.07) is 9.54. The number of ketones is 1. The number of hydrogen-bond donors (Lipinski definition) is 2. The molecule has 2 unspecified atom stereocenters. The second-order valence-electron chi connectivity index (χ2n) is 9.18. The smallest absolute Gasteiger partial charge is 0.416 e. The van der Waals surface area contributed by atoms with E-state index < -0.39 is 23.6 Å². The van der Waals surface area contributed by atoms with E-state index >= 15 is 0 Å². The standard InChI is InChI=1S/C26H24F3NO4/c27-26(28,29)21-10-14(4-7-17(21)18-2-1-3-23(18)31)13-34-16-6-9-22-20(12-16)19-8-5-15(11-24(32)33)25(19)30-22/h4,6-7,9-10,12,15,18,30H,1-3,5,8,11,13H2,(H,32,33). The van der Waals surface area contributed by atoms with E-state index in [1.165, 1.54) is 6.07 Å². The van der Waals surface area contributed by atoms with Gasteiger partial charge in [0.15, 0.2) is 0 Å². The molecule has 5 nitrogen and oxygen atoms in total. The van der Waals surface area contributed by atoms with Crippen LogP contribution in [0, 0.1) is 0 Å². The zero-order valence-corrected chi connectivity index (χ0v) is 18.4. The van der Waals surface area contributed by atoms with Crippen LogP contribution >= 0.6 is 0 Å². The minimum atomic E-state index is -4.55. The average molecular weight is 471 g/mol. The van der Waals surface area contributed by atoms with Crippen molar-refractivity contribution in [2.75, 3.05) is 0 Å². The molecule has 2 aliphatic carbocycles. The number of ether oxygens (including phenoxy) is 1. The van der Waals surface area contributed by atoms with E-state index in [1.807, 2.05) is 12.1 Å².